The average molecular weight is 346 g/mol. The van der Waals surface area contributed by atoms with E-state index < -0.39 is 0 Å². The summed E-state index contributed by atoms with van der Waals surface area (Å²) < 4.78 is 5.95. The molecule has 0 saturated carbocycles. The second-order valence-corrected chi connectivity index (χ2v) is 6.83. The lowest BCUT2D eigenvalue weighted by Crippen LogP contribution is -1.96. The lowest BCUT2D eigenvalue weighted by atomic mass is 10.1. The zero-order valence-corrected chi connectivity index (χ0v) is 14.7. The fourth-order valence-corrected chi connectivity index (χ4v) is 3.40. The van der Waals surface area contributed by atoms with Crippen molar-refractivity contribution in [1.29, 1.82) is 0 Å². The van der Waals surface area contributed by atoms with Gasteiger partial charge < -0.3 is 9.72 Å². The van der Waals surface area contributed by atoms with Gasteiger partial charge in [0.2, 0.25) is 0 Å². The van der Waals surface area contributed by atoms with Crippen molar-refractivity contribution >= 4 is 11.3 Å². The molecule has 1 N–H and O–H groups in total. The molecule has 0 bridgehead atoms. The van der Waals surface area contributed by atoms with E-state index in [9.17, 15) is 0 Å². The molecule has 3 nitrogen and oxygen atoms in total. The highest BCUT2D eigenvalue weighted by Gasteiger charge is 2.08. The van der Waals surface area contributed by atoms with Gasteiger partial charge in [-0.05, 0) is 47.7 Å². The van der Waals surface area contributed by atoms with Gasteiger partial charge in [0.15, 0.2) is 0 Å². The molecule has 0 aliphatic rings. The quantitative estimate of drug-likeness (QED) is 0.504. The zero-order valence-electron chi connectivity index (χ0n) is 13.9. The molecule has 0 aliphatic heterocycles. The minimum Gasteiger partial charge on any atom is -0.489 e. The number of aromatic nitrogens is 2. The maximum atomic E-state index is 5.95. The van der Waals surface area contributed by atoms with E-state index in [1.54, 1.807) is 11.3 Å². The van der Waals surface area contributed by atoms with Crippen LogP contribution < -0.4 is 4.74 Å². The Morgan fingerprint density at radius 2 is 1.92 bits per heavy atom. The fourth-order valence-electron chi connectivity index (χ4n) is 2.72. The number of hydrogen-bond donors (Lipinski definition) is 1. The van der Waals surface area contributed by atoms with E-state index in [0.29, 0.717) is 6.61 Å². The van der Waals surface area contributed by atoms with Gasteiger partial charge in [0, 0.05) is 5.56 Å². The largest absolute Gasteiger partial charge is 0.489 e. The maximum absolute atomic E-state index is 5.95. The Hall–Kier alpha value is -2.85. The van der Waals surface area contributed by atoms with Crippen LogP contribution in [0.4, 0.5) is 0 Å². The topological polar surface area (TPSA) is 37.9 Å². The molecule has 4 aromatic rings. The van der Waals surface area contributed by atoms with Crippen LogP contribution in [0.15, 0.2) is 72.2 Å². The standard InChI is InChI=1S/C21H18N2OS/c1-15-12-17(18-13-22-21(23-18)20-8-5-11-25-20)9-10-19(15)24-14-16-6-3-2-4-7-16/h2-13H,14H2,1H3,(H,22,23). The number of rotatable bonds is 5. The first-order chi connectivity index (χ1) is 12.3. The Labute approximate surface area is 151 Å². The molecular formula is C21H18N2OS. The van der Waals surface area contributed by atoms with Crippen molar-refractivity contribution in [3.05, 3.63) is 83.4 Å². The third-order valence-corrected chi connectivity index (χ3v) is 4.93. The summed E-state index contributed by atoms with van der Waals surface area (Å²) in [5.41, 5.74) is 4.40. The van der Waals surface area contributed by atoms with Crippen LogP contribution in [0, 0.1) is 6.92 Å². The van der Waals surface area contributed by atoms with Crippen molar-refractivity contribution < 1.29 is 4.74 Å². The summed E-state index contributed by atoms with van der Waals surface area (Å²) in [5.74, 6) is 1.82. The average Bonchev–Trinajstić information content (AvgIpc) is 3.33. The number of imidazole rings is 1. The van der Waals surface area contributed by atoms with E-state index in [0.717, 1.165) is 33.3 Å². The van der Waals surface area contributed by atoms with Crippen LogP contribution in [0.5, 0.6) is 5.75 Å². The molecule has 0 fully saturated rings. The molecular weight excluding hydrogens is 328 g/mol. The predicted molar refractivity (Wildman–Crippen MR) is 103 cm³/mol. The van der Waals surface area contributed by atoms with Crippen molar-refractivity contribution in [2.75, 3.05) is 0 Å². The van der Waals surface area contributed by atoms with E-state index in [-0.39, 0.29) is 0 Å². The van der Waals surface area contributed by atoms with Crippen LogP contribution in [-0.2, 0) is 6.61 Å². The minimum absolute atomic E-state index is 0.577. The van der Waals surface area contributed by atoms with Crippen molar-refractivity contribution in [1.82, 2.24) is 9.97 Å². The number of hydrogen-bond acceptors (Lipinski definition) is 3. The first-order valence-corrected chi connectivity index (χ1v) is 9.04. The van der Waals surface area contributed by atoms with Gasteiger partial charge in [-0.3, -0.25) is 0 Å². The highest BCUT2D eigenvalue weighted by atomic mass is 32.1. The zero-order chi connectivity index (χ0) is 17.1. The van der Waals surface area contributed by atoms with Gasteiger partial charge in [0.1, 0.15) is 18.2 Å². The van der Waals surface area contributed by atoms with Crippen molar-refractivity contribution in [2.45, 2.75) is 13.5 Å². The summed E-state index contributed by atoms with van der Waals surface area (Å²) in [6, 6.07) is 20.5. The Morgan fingerprint density at radius 1 is 1.04 bits per heavy atom. The van der Waals surface area contributed by atoms with E-state index >= 15 is 0 Å². The minimum atomic E-state index is 0.577. The maximum Gasteiger partial charge on any atom is 0.147 e. The third kappa shape index (κ3) is 3.49. The van der Waals surface area contributed by atoms with Crippen LogP contribution in [0.2, 0.25) is 0 Å². The first kappa shape index (κ1) is 15.7. The molecule has 0 atom stereocenters. The van der Waals surface area contributed by atoms with Crippen LogP contribution in [0.1, 0.15) is 11.1 Å². The Kier molecular flexibility index (Phi) is 4.36. The second-order valence-electron chi connectivity index (χ2n) is 5.88. The summed E-state index contributed by atoms with van der Waals surface area (Å²) in [5, 5.41) is 2.06. The summed E-state index contributed by atoms with van der Waals surface area (Å²) in [7, 11) is 0. The Balaban J connectivity index is 1.52. The molecule has 0 radical (unpaired) electrons. The van der Waals surface area contributed by atoms with E-state index in [4.69, 9.17) is 4.74 Å². The lowest BCUT2D eigenvalue weighted by molar-refractivity contribution is 0.304. The van der Waals surface area contributed by atoms with E-state index in [1.807, 2.05) is 36.5 Å². The number of nitrogens with zero attached hydrogens (tertiary/aromatic N) is 1. The number of thiophene rings is 1. The van der Waals surface area contributed by atoms with Gasteiger partial charge in [-0.2, -0.15) is 0 Å². The predicted octanol–water partition coefficient (Wildman–Crippen LogP) is 5.69. The molecule has 0 unspecified atom stereocenters. The third-order valence-electron chi connectivity index (χ3n) is 4.05. The summed E-state index contributed by atoms with van der Waals surface area (Å²) in [6.07, 6.45) is 1.88. The summed E-state index contributed by atoms with van der Waals surface area (Å²) in [4.78, 5) is 9.03. The second kappa shape index (κ2) is 6.95. The Morgan fingerprint density at radius 3 is 2.68 bits per heavy atom. The summed E-state index contributed by atoms with van der Waals surface area (Å²) >= 11 is 1.68. The van der Waals surface area contributed by atoms with Crippen molar-refractivity contribution in [3.8, 4) is 27.7 Å². The Bertz CT molecular complexity index is 959. The van der Waals surface area contributed by atoms with Gasteiger partial charge in [-0.1, -0.05) is 36.4 Å². The first-order valence-electron chi connectivity index (χ1n) is 8.16. The van der Waals surface area contributed by atoms with Gasteiger partial charge in [-0.15, -0.1) is 11.3 Å². The number of nitrogens with one attached hydrogen (secondary N) is 1. The van der Waals surface area contributed by atoms with Crippen LogP contribution in [0.25, 0.3) is 22.0 Å². The number of H-pyrrole nitrogens is 1. The molecule has 0 aliphatic carbocycles. The monoisotopic (exact) mass is 346 g/mol. The molecule has 25 heavy (non-hydrogen) atoms. The molecule has 124 valence electrons. The van der Waals surface area contributed by atoms with Gasteiger partial charge >= 0.3 is 0 Å². The SMILES string of the molecule is Cc1cc(-c2cnc(-c3cccs3)[nH]2)ccc1OCc1ccccc1. The smallest absolute Gasteiger partial charge is 0.147 e. The molecule has 2 heterocycles. The molecule has 0 saturated heterocycles. The molecule has 4 heteroatoms. The number of ether oxygens (including phenoxy) is 1. The highest BCUT2D eigenvalue weighted by molar-refractivity contribution is 7.13. The summed E-state index contributed by atoms with van der Waals surface area (Å²) in [6.45, 7) is 2.65. The van der Waals surface area contributed by atoms with Crippen LogP contribution in [-0.4, -0.2) is 9.97 Å². The van der Waals surface area contributed by atoms with Crippen LogP contribution in [0.3, 0.4) is 0 Å². The highest BCUT2D eigenvalue weighted by Crippen LogP contribution is 2.28. The normalized spacial score (nSPS) is 10.8. The number of aryl methyl sites for hydroxylation is 1. The van der Waals surface area contributed by atoms with E-state index in [1.165, 1.54) is 5.56 Å². The van der Waals surface area contributed by atoms with E-state index in [2.05, 4.69) is 52.6 Å². The molecule has 2 aromatic heterocycles. The van der Waals surface area contributed by atoms with Gasteiger partial charge in [-0.25, -0.2) is 4.98 Å². The molecule has 4 rings (SSSR count). The number of aromatic amines is 1. The van der Waals surface area contributed by atoms with Gasteiger partial charge in [0.05, 0.1) is 16.8 Å². The van der Waals surface area contributed by atoms with Crippen LogP contribution >= 0.6 is 11.3 Å². The fraction of sp³-hybridized carbons (Fsp3) is 0.0952. The molecule has 0 amide bonds. The molecule has 2 aromatic carbocycles. The van der Waals surface area contributed by atoms with Crippen molar-refractivity contribution in [2.24, 2.45) is 0 Å². The van der Waals surface area contributed by atoms with Crippen molar-refractivity contribution in [3.63, 3.8) is 0 Å². The number of benzene rings is 2. The van der Waals surface area contributed by atoms with Gasteiger partial charge in [0.25, 0.3) is 0 Å². The molecule has 0 spiro atoms. The lowest BCUT2D eigenvalue weighted by Gasteiger charge is -2.10.